The Kier molecular flexibility index (Phi) is 4.89. The van der Waals surface area contributed by atoms with E-state index in [1.807, 2.05) is 12.3 Å². The highest BCUT2D eigenvalue weighted by Gasteiger charge is 2.16. The lowest BCUT2D eigenvalue weighted by molar-refractivity contribution is 0.355. The van der Waals surface area contributed by atoms with Crippen LogP contribution in [0.1, 0.15) is 5.56 Å². The molecule has 7 heteroatoms. The van der Waals surface area contributed by atoms with Crippen molar-refractivity contribution in [3.63, 3.8) is 0 Å². The fraction of sp³-hybridized carbons (Fsp3) is 0.214. The molecule has 21 heavy (non-hydrogen) atoms. The van der Waals surface area contributed by atoms with Crippen molar-refractivity contribution < 1.29 is 9.47 Å². The number of thioether (sulfide) groups is 1. The van der Waals surface area contributed by atoms with Gasteiger partial charge in [-0.2, -0.15) is 5.26 Å². The average Bonchev–Trinajstić information content (AvgIpc) is 2.53. The molecule has 0 atom stereocenters. The van der Waals surface area contributed by atoms with Gasteiger partial charge in [-0.25, -0.2) is 9.97 Å². The van der Waals surface area contributed by atoms with Crippen LogP contribution in [-0.2, 0) is 0 Å². The van der Waals surface area contributed by atoms with E-state index >= 15 is 0 Å². The van der Waals surface area contributed by atoms with Crippen LogP contribution < -0.4 is 9.47 Å². The Morgan fingerprint density at radius 3 is 2.48 bits per heavy atom. The zero-order valence-corrected chi connectivity index (χ0v) is 13.2. The second-order valence-corrected chi connectivity index (χ2v) is 5.04. The van der Waals surface area contributed by atoms with Crippen LogP contribution in [0.25, 0.3) is 11.3 Å². The Hall–Kier alpha value is -1.97. The lowest BCUT2D eigenvalue weighted by Crippen LogP contribution is -1.98. The number of rotatable bonds is 4. The lowest BCUT2D eigenvalue weighted by Gasteiger charge is -2.11. The van der Waals surface area contributed by atoms with Gasteiger partial charge in [-0.05, 0) is 24.5 Å². The summed E-state index contributed by atoms with van der Waals surface area (Å²) in [4.78, 5) is 8.44. The molecule has 2 rings (SSSR count). The summed E-state index contributed by atoms with van der Waals surface area (Å²) in [7, 11) is 3.11. The minimum atomic E-state index is 0.140. The average molecular weight is 322 g/mol. The zero-order valence-electron chi connectivity index (χ0n) is 11.7. The molecule has 0 amide bonds. The Bertz CT molecular complexity index is 716. The molecule has 2 aromatic rings. The first-order chi connectivity index (χ1) is 10.1. The van der Waals surface area contributed by atoms with Gasteiger partial charge in [0.05, 0.1) is 19.9 Å². The maximum Gasteiger partial charge on any atom is 0.189 e. The second kappa shape index (κ2) is 6.66. The van der Waals surface area contributed by atoms with E-state index < -0.39 is 0 Å². The van der Waals surface area contributed by atoms with E-state index in [1.165, 1.54) is 11.8 Å². The van der Waals surface area contributed by atoms with E-state index in [9.17, 15) is 5.26 Å². The molecular weight excluding hydrogens is 310 g/mol. The highest BCUT2D eigenvalue weighted by atomic mass is 35.5. The molecule has 1 aromatic heterocycles. The molecule has 0 aliphatic rings. The SMILES string of the molecule is COc1ccc(-c2nc(SC)nc(Cl)c2C#N)cc1OC. The van der Waals surface area contributed by atoms with E-state index in [0.29, 0.717) is 27.9 Å². The predicted octanol–water partition coefficient (Wildman–Crippen LogP) is 3.41. The summed E-state index contributed by atoms with van der Waals surface area (Å²) >= 11 is 7.41. The number of aromatic nitrogens is 2. The molecule has 0 N–H and O–H groups in total. The van der Waals surface area contributed by atoms with Gasteiger partial charge in [0, 0.05) is 5.56 Å². The van der Waals surface area contributed by atoms with Crippen LogP contribution in [0.2, 0.25) is 5.15 Å². The maximum atomic E-state index is 9.27. The molecule has 0 bridgehead atoms. The van der Waals surface area contributed by atoms with Crippen LogP contribution >= 0.6 is 23.4 Å². The Morgan fingerprint density at radius 2 is 1.90 bits per heavy atom. The minimum Gasteiger partial charge on any atom is -0.493 e. The first kappa shape index (κ1) is 15.4. The summed E-state index contributed by atoms with van der Waals surface area (Å²) in [5, 5.41) is 9.92. The van der Waals surface area contributed by atoms with Crippen LogP contribution in [0, 0.1) is 11.3 Å². The summed E-state index contributed by atoms with van der Waals surface area (Å²) < 4.78 is 10.5. The van der Waals surface area contributed by atoms with Crippen LogP contribution in [-0.4, -0.2) is 30.4 Å². The number of hydrogen-bond donors (Lipinski definition) is 0. The third kappa shape index (κ3) is 3.04. The molecule has 5 nitrogen and oxygen atoms in total. The normalized spacial score (nSPS) is 10.0. The quantitative estimate of drug-likeness (QED) is 0.488. The third-order valence-corrected chi connectivity index (χ3v) is 3.62. The van der Waals surface area contributed by atoms with Gasteiger partial charge >= 0.3 is 0 Å². The number of nitrogens with zero attached hydrogens (tertiary/aromatic N) is 3. The molecule has 0 unspecified atom stereocenters. The van der Waals surface area contributed by atoms with E-state index in [2.05, 4.69) is 9.97 Å². The zero-order chi connectivity index (χ0) is 15.4. The number of hydrogen-bond acceptors (Lipinski definition) is 6. The van der Waals surface area contributed by atoms with Gasteiger partial charge < -0.3 is 9.47 Å². The summed E-state index contributed by atoms with van der Waals surface area (Å²) in [6.07, 6.45) is 1.84. The van der Waals surface area contributed by atoms with Gasteiger partial charge in [0.2, 0.25) is 0 Å². The van der Waals surface area contributed by atoms with Crippen molar-refractivity contribution in [3.8, 4) is 28.8 Å². The fourth-order valence-electron chi connectivity index (χ4n) is 1.80. The monoisotopic (exact) mass is 321 g/mol. The standard InChI is InChI=1S/C14H12ClN3O2S/c1-19-10-5-4-8(6-11(10)20-2)12-9(7-16)13(15)18-14(17-12)21-3/h4-6H,1-3H3. The van der Waals surface area contributed by atoms with Crippen LogP contribution in [0.5, 0.6) is 11.5 Å². The van der Waals surface area contributed by atoms with Gasteiger partial charge in [0.25, 0.3) is 0 Å². The molecule has 0 aliphatic heterocycles. The highest BCUT2D eigenvalue weighted by Crippen LogP contribution is 2.34. The molecule has 0 fully saturated rings. The van der Waals surface area contributed by atoms with E-state index in [0.717, 1.165) is 0 Å². The van der Waals surface area contributed by atoms with Crippen molar-refractivity contribution in [3.05, 3.63) is 28.9 Å². The van der Waals surface area contributed by atoms with Gasteiger partial charge in [0.1, 0.15) is 11.6 Å². The number of halogens is 1. The Balaban J connectivity index is 2.66. The van der Waals surface area contributed by atoms with Crippen molar-refractivity contribution in [2.75, 3.05) is 20.5 Å². The van der Waals surface area contributed by atoms with Crippen LogP contribution in [0.15, 0.2) is 23.4 Å². The molecule has 0 radical (unpaired) electrons. The Labute approximate surface area is 131 Å². The second-order valence-electron chi connectivity index (χ2n) is 3.91. The Morgan fingerprint density at radius 1 is 1.19 bits per heavy atom. The summed E-state index contributed by atoms with van der Waals surface area (Å²) in [5.74, 6) is 1.16. The molecule has 1 heterocycles. The summed E-state index contributed by atoms with van der Waals surface area (Å²) in [6, 6.07) is 7.34. The smallest absolute Gasteiger partial charge is 0.189 e. The van der Waals surface area contributed by atoms with Crippen molar-refractivity contribution in [2.45, 2.75) is 5.16 Å². The van der Waals surface area contributed by atoms with E-state index in [4.69, 9.17) is 21.1 Å². The molecule has 108 valence electrons. The first-order valence-electron chi connectivity index (χ1n) is 5.88. The van der Waals surface area contributed by atoms with Crippen molar-refractivity contribution in [2.24, 2.45) is 0 Å². The number of ether oxygens (including phenoxy) is 2. The summed E-state index contributed by atoms with van der Waals surface area (Å²) in [5.41, 5.74) is 1.42. The maximum absolute atomic E-state index is 9.27. The minimum absolute atomic E-state index is 0.140. The lowest BCUT2D eigenvalue weighted by atomic mass is 10.1. The van der Waals surface area contributed by atoms with E-state index in [-0.39, 0.29) is 10.7 Å². The molecule has 0 aliphatic carbocycles. The molecular formula is C14H12ClN3O2S. The number of nitriles is 1. The molecule has 0 spiro atoms. The third-order valence-electron chi connectivity index (χ3n) is 2.80. The number of methoxy groups -OCH3 is 2. The predicted molar refractivity (Wildman–Crippen MR) is 82.1 cm³/mol. The van der Waals surface area contributed by atoms with Crippen molar-refractivity contribution in [1.29, 1.82) is 5.26 Å². The molecule has 0 saturated carbocycles. The largest absolute Gasteiger partial charge is 0.493 e. The van der Waals surface area contributed by atoms with Crippen LogP contribution in [0.4, 0.5) is 0 Å². The van der Waals surface area contributed by atoms with Gasteiger partial charge in [-0.1, -0.05) is 23.4 Å². The van der Waals surface area contributed by atoms with Crippen molar-refractivity contribution in [1.82, 2.24) is 9.97 Å². The summed E-state index contributed by atoms with van der Waals surface area (Å²) in [6.45, 7) is 0. The van der Waals surface area contributed by atoms with Crippen molar-refractivity contribution >= 4 is 23.4 Å². The van der Waals surface area contributed by atoms with Gasteiger partial charge in [0.15, 0.2) is 21.8 Å². The fourth-order valence-corrected chi connectivity index (χ4v) is 2.42. The van der Waals surface area contributed by atoms with Gasteiger partial charge in [-0.3, -0.25) is 0 Å². The molecule has 0 saturated heterocycles. The molecule has 1 aromatic carbocycles. The number of benzene rings is 1. The topological polar surface area (TPSA) is 68.0 Å². The van der Waals surface area contributed by atoms with E-state index in [1.54, 1.807) is 32.4 Å². The van der Waals surface area contributed by atoms with Gasteiger partial charge in [-0.15, -0.1) is 0 Å². The van der Waals surface area contributed by atoms with Crippen LogP contribution in [0.3, 0.4) is 0 Å². The first-order valence-corrected chi connectivity index (χ1v) is 7.48. The highest BCUT2D eigenvalue weighted by molar-refractivity contribution is 7.98.